The summed E-state index contributed by atoms with van der Waals surface area (Å²) in [5.74, 6) is 0.00100. The van der Waals surface area contributed by atoms with E-state index in [1.807, 2.05) is 43.3 Å². The van der Waals surface area contributed by atoms with E-state index in [1.54, 1.807) is 0 Å². The summed E-state index contributed by atoms with van der Waals surface area (Å²) in [4.78, 5) is 17.7. The molecule has 1 fully saturated rings. The number of nitrogens with zero attached hydrogens (tertiary/aromatic N) is 2. The Labute approximate surface area is 169 Å². The summed E-state index contributed by atoms with van der Waals surface area (Å²) >= 11 is 2.26. The van der Waals surface area contributed by atoms with Gasteiger partial charge in [-0.2, -0.15) is 0 Å². The lowest BCUT2D eigenvalue weighted by Crippen LogP contribution is -2.47. The smallest absolute Gasteiger partial charge is 0.252 e. The van der Waals surface area contributed by atoms with Gasteiger partial charge < -0.3 is 10.2 Å². The molecular formula is C21H26IN3O. The lowest BCUT2D eigenvalue weighted by atomic mass is 10.0. The third-order valence-electron chi connectivity index (χ3n) is 4.98. The van der Waals surface area contributed by atoms with E-state index in [0.29, 0.717) is 0 Å². The molecule has 1 atom stereocenters. The number of hydrogen-bond acceptors (Lipinski definition) is 3. The van der Waals surface area contributed by atoms with E-state index in [-0.39, 0.29) is 11.9 Å². The van der Waals surface area contributed by atoms with Gasteiger partial charge in [0.15, 0.2) is 0 Å². The van der Waals surface area contributed by atoms with Gasteiger partial charge in [0.2, 0.25) is 0 Å². The average molecular weight is 463 g/mol. The molecular weight excluding hydrogens is 437 g/mol. The van der Waals surface area contributed by atoms with Crippen molar-refractivity contribution >= 4 is 28.5 Å². The number of hydrogen-bond donors (Lipinski definition) is 1. The van der Waals surface area contributed by atoms with Gasteiger partial charge in [-0.1, -0.05) is 42.5 Å². The first kappa shape index (κ1) is 19.3. The fourth-order valence-electron chi connectivity index (χ4n) is 3.27. The predicted octanol–water partition coefficient (Wildman–Crippen LogP) is 3.32. The quantitative estimate of drug-likeness (QED) is 0.692. The van der Waals surface area contributed by atoms with Crippen LogP contribution in [-0.2, 0) is 0 Å². The van der Waals surface area contributed by atoms with E-state index in [2.05, 4.69) is 56.9 Å². The second-order valence-corrected chi connectivity index (χ2v) is 8.06. The van der Waals surface area contributed by atoms with Crippen LogP contribution in [-0.4, -0.2) is 55.5 Å². The number of nitrogens with one attached hydrogen (secondary N) is 1. The first-order valence-electron chi connectivity index (χ1n) is 9.06. The Balaban J connectivity index is 1.77. The molecule has 0 spiro atoms. The Morgan fingerprint density at radius 3 is 2.46 bits per heavy atom. The second-order valence-electron chi connectivity index (χ2n) is 6.98. The molecule has 5 heteroatoms. The number of likely N-dealkylation sites (N-methyl/N-ethyl adjacent to an activating group) is 1. The molecule has 0 saturated carbocycles. The second kappa shape index (κ2) is 8.97. The monoisotopic (exact) mass is 463 g/mol. The molecule has 0 aromatic heterocycles. The maximum absolute atomic E-state index is 13.0. The van der Waals surface area contributed by atoms with Gasteiger partial charge in [-0.15, -0.1) is 0 Å². The van der Waals surface area contributed by atoms with Crippen LogP contribution in [0.2, 0.25) is 0 Å². The van der Waals surface area contributed by atoms with Gasteiger partial charge in [-0.05, 0) is 53.8 Å². The number of halogens is 1. The fraction of sp³-hybridized carbons (Fsp3) is 0.381. The minimum absolute atomic E-state index is 0.00100. The van der Waals surface area contributed by atoms with Crippen LogP contribution in [0.4, 0.5) is 0 Å². The largest absolute Gasteiger partial charge is 0.344 e. The van der Waals surface area contributed by atoms with Crippen molar-refractivity contribution in [3.63, 3.8) is 0 Å². The highest BCUT2D eigenvalue weighted by Crippen LogP contribution is 2.20. The van der Waals surface area contributed by atoms with Crippen molar-refractivity contribution in [1.82, 2.24) is 15.1 Å². The van der Waals surface area contributed by atoms with Gasteiger partial charge in [0, 0.05) is 36.3 Å². The molecule has 1 aliphatic heterocycles. The summed E-state index contributed by atoms with van der Waals surface area (Å²) in [6.07, 6.45) is 0. The topological polar surface area (TPSA) is 35.6 Å². The van der Waals surface area contributed by atoms with Crippen LogP contribution in [0.15, 0.2) is 48.5 Å². The molecule has 0 radical (unpaired) electrons. The Bertz CT molecular complexity index is 742. The summed E-state index contributed by atoms with van der Waals surface area (Å²) < 4.78 is 1.02. The van der Waals surface area contributed by atoms with E-state index >= 15 is 0 Å². The predicted molar refractivity (Wildman–Crippen MR) is 114 cm³/mol. The molecule has 2 aromatic rings. The number of piperazine rings is 1. The number of aryl methyl sites for hydroxylation is 1. The van der Waals surface area contributed by atoms with Crippen LogP contribution < -0.4 is 5.32 Å². The summed E-state index contributed by atoms with van der Waals surface area (Å²) in [5, 5.41) is 3.28. The standard InChI is InChI=1S/C21H26IN3O/c1-16-7-6-10-18(20(16)22)21(26)23-19(17-8-4-3-5-9-17)15-25-13-11-24(2)12-14-25/h3-10,19H,11-15H2,1-2H3,(H,23,26). The van der Waals surface area contributed by atoms with Crippen molar-refractivity contribution in [1.29, 1.82) is 0 Å². The molecule has 4 nitrogen and oxygen atoms in total. The van der Waals surface area contributed by atoms with E-state index in [1.165, 1.54) is 0 Å². The molecule has 0 aliphatic carbocycles. The SMILES string of the molecule is Cc1cccc(C(=O)NC(CN2CCN(C)CC2)c2ccccc2)c1I. The Hall–Kier alpha value is -1.44. The Morgan fingerprint density at radius 1 is 1.08 bits per heavy atom. The molecule has 1 N–H and O–H groups in total. The van der Waals surface area contributed by atoms with Crippen molar-refractivity contribution in [2.24, 2.45) is 0 Å². The summed E-state index contributed by atoms with van der Waals surface area (Å²) in [5.41, 5.74) is 3.04. The van der Waals surface area contributed by atoms with E-state index in [9.17, 15) is 4.79 Å². The molecule has 1 heterocycles. The zero-order valence-electron chi connectivity index (χ0n) is 15.4. The molecule has 2 aromatic carbocycles. The Morgan fingerprint density at radius 2 is 1.77 bits per heavy atom. The molecule has 0 bridgehead atoms. The highest BCUT2D eigenvalue weighted by Gasteiger charge is 2.22. The third-order valence-corrected chi connectivity index (χ3v) is 6.41. The zero-order chi connectivity index (χ0) is 18.5. The lowest BCUT2D eigenvalue weighted by molar-refractivity contribution is 0.0906. The van der Waals surface area contributed by atoms with Gasteiger partial charge in [0.25, 0.3) is 5.91 Å². The van der Waals surface area contributed by atoms with Crippen LogP contribution in [0.3, 0.4) is 0 Å². The van der Waals surface area contributed by atoms with Gasteiger partial charge in [-0.3, -0.25) is 9.69 Å². The molecule has 26 heavy (non-hydrogen) atoms. The van der Waals surface area contributed by atoms with Crippen molar-refractivity contribution < 1.29 is 4.79 Å². The number of rotatable bonds is 5. The van der Waals surface area contributed by atoms with Gasteiger partial charge in [0.05, 0.1) is 11.6 Å². The van der Waals surface area contributed by atoms with Crippen molar-refractivity contribution in [3.8, 4) is 0 Å². The van der Waals surface area contributed by atoms with Crippen LogP contribution >= 0.6 is 22.6 Å². The summed E-state index contributed by atoms with van der Waals surface area (Å²) in [6, 6.07) is 16.2. The van der Waals surface area contributed by atoms with Crippen LogP contribution in [0.25, 0.3) is 0 Å². The summed E-state index contributed by atoms with van der Waals surface area (Å²) in [7, 11) is 2.16. The number of benzene rings is 2. The Kier molecular flexibility index (Phi) is 6.67. The fourth-order valence-corrected chi connectivity index (χ4v) is 3.87. The lowest BCUT2D eigenvalue weighted by Gasteiger charge is -2.35. The van der Waals surface area contributed by atoms with Crippen molar-refractivity contribution in [2.45, 2.75) is 13.0 Å². The van der Waals surface area contributed by atoms with Crippen LogP contribution in [0, 0.1) is 10.5 Å². The van der Waals surface area contributed by atoms with E-state index < -0.39 is 0 Å². The maximum Gasteiger partial charge on any atom is 0.252 e. The summed E-state index contributed by atoms with van der Waals surface area (Å²) in [6.45, 7) is 7.11. The molecule has 1 aliphatic rings. The van der Waals surface area contributed by atoms with Crippen LogP contribution in [0.1, 0.15) is 27.5 Å². The van der Waals surface area contributed by atoms with Crippen LogP contribution in [0.5, 0.6) is 0 Å². The van der Waals surface area contributed by atoms with E-state index in [4.69, 9.17) is 0 Å². The zero-order valence-corrected chi connectivity index (χ0v) is 17.6. The average Bonchev–Trinajstić information content (AvgIpc) is 2.66. The minimum atomic E-state index is -0.0107. The van der Waals surface area contributed by atoms with E-state index in [0.717, 1.165) is 53.0 Å². The number of carbonyl (C=O) groups is 1. The molecule has 1 amide bonds. The van der Waals surface area contributed by atoms with Crippen molar-refractivity contribution in [3.05, 3.63) is 68.8 Å². The third kappa shape index (κ3) is 4.84. The van der Waals surface area contributed by atoms with Gasteiger partial charge in [0.1, 0.15) is 0 Å². The highest BCUT2D eigenvalue weighted by molar-refractivity contribution is 14.1. The van der Waals surface area contributed by atoms with Gasteiger partial charge in [-0.25, -0.2) is 0 Å². The van der Waals surface area contributed by atoms with Crippen molar-refractivity contribution in [2.75, 3.05) is 39.8 Å². The molecule has 1 unspecified atom stereocenters. The molecule has 138 valence electrons. The normalized spacial score (nSPS) is 17.0. The highest BCUT2D eigenvalue weighted by atomic mass is 127. The molecule has 1 saturated heterocycles. The van der Waals surface area contributed by atoms with Gasteiger partial charge >= 0.3 is 0 Å². The first-order chi connectivity index (χ1) is 12.5. The first-order valence-corrected chi connectivity index (χ1v) is 10.1. The minimum Gasteiger partial charge on any atom is -0.344 e. The molecule has 3 rings (SSSR count). The number of carbonyl (C=O) groups excluding carboxylic acids is 1. The number of amides is 1. The maximum atomic E-state index is 13.0.